The number of carbonyl (C=O) groups is 1. The first-order chi connectivity index (χ1) is 11.2. The molecule has 2 aromatic rings. The number of hydrogen-bond donors (Lipinski definition) is 1. The number of ether oxygens (including phenoxy) is 1. The first-order valence-corrected chi connectivity index (χ1v) is 7.72. The van der Waals surface area contributed by atoms with Crippen molar-refractivity contribution in [3.63, 3.8) is 0 Å². The van der Waals surface area contributed by atoms with E-state index in [1.54, 1.807) is 7.11 Å². The van der Waals surface area contributed by atoms with Gasteiger partial charge in [-0.15, -0.1) is 0 Å². The Hall–Kier alpha value is -2.62. The van der Waals surface area contributed by atoms with Gasteiger partial charge in [0, 0.05) is 5.92 Å². The van der Waals surface area contributed by atoms with E-state index in [0.717, 1.165) is 23.4 Å². The smallest absolute Gasteiger partial charge is 0.243 e. The molecule has 0 aromatic heterocycles. The summed E-state index contributed by atoms with van der Waals surface area (Å²) in [4.78, 5) is 12.2. The number of nitrogens with zero attached hydrogens (tertiary/aromatic N) is 1. The molecule has 4 heteroatoms. The second kappa shape index (κ2) is 6.65. The van der Waals surface area contributed by atoms with Gasteiger partial charge < -0.3 is 4.74 Å². The Labute approximate surface area is 136 Å². The van der Waals surface area contributed by atoms with Crippen LogP contribution in [0.2, 0.25) is 0 Å². The maximum Gasteiger partial charge on any atom is 0.243 e. The lowest BCUT2D eigenvalue weighted by atomic mass is 10.1. The van der Waals surface area contributed by atoms with Gasteiger partial charge in [-0.2, -0.15) is 5.10 Å². The molecule has 1 saturated carbocycles. The van der Waals surface area contributed by atoms with Crippen molar-refractivity contribution in [3.05, 3.63) is 65.7 Å². The average molecular weight is 308 g/mol. The molecule has 3 rings (SSSR count). The van der Waals surface area contributed by atoms with E-state index in [1.165, 1.54) is 5.56 Å². The zero-order valence-electron chi connectivity index (χ0n) is 13.3. The van der Waals surface area contributed by atoms with E-state index in [2.05, 4.69) is 22.7 Å². The first kappa shape index (κ1) is 15.3. The lowest BCUT2D eigenvalue weighted by Crippen LogP contribution is -2.21. The van der Waals surface area contributed by atoms with Gasteiger partial charge in [0.2, 0.25) is 5.91 Å². The number of methoxy groups -OCH3 is 1. The summed E-state index contributed by atoms with van der Waals surface area (Å²) < 4.78 is 5.13. The van der Waals surface area contributed by atoms with Crippen LogP contribution in [0, 0.1) is 5.92 Å². The van der Waals surface area contributed by atoms with E-state index in [-0.39, 0.29) is 11.8 Å². The molecule has 4 nitrogen and oxygen atoms in total. The molecule has 23 heavy (non-hydrogen) atoms. The highest BCUT2D eigenvalue weighted by atomic mass is 16.5. The molecule has 0 heterocycles. The van der Waals surface area contributed by atoms with Crippen molar-refractivity contribution in [2.75, 3.05) is 7.11 Å². The molecule has 0 saturated heterocycles. The van der Waals surface area contributed by atoms with E-state index in [0.29, 0.717) is 5.92 Å². The molecule has 1 N–H and O–H groups in total. The molecule has 1 fully saturated rings. The molecule has 0 radical (unpaired) electrons. The van der Waals surface area contributed by atoms with Gasteiger partial charge in [-0.25, -0.2) is 5.43 Å². The third kappa shape index (κ3) is 3.59. The highest BCUT2D eigenvalue weighted by molar-refractivity contribution is 5.99. The van der Waals surface area contributed by atoms with Crippen LogP contribution in [0.3, 0.4) is 0 Å². The van der Waals surface area contributed by atoms with Crippen molar-refractivity contribution in [1.82, 2.24) is 5.43 Å². The topological polar surface area (TPSA) is 50.7 Å². The quantitative estimate of drug-likeness (QED) is 0.680. The summed E-state index contributed by atoms with van der Waals surface area (Å²) in [5.74, 6) is 1.15. The summed E-state index contributed by atoms with van der Waals surface area (Å²) in [7, 11) is 1.63. The highest BCUT2D eigenvalue weighted by Gasteiger charge is 2.43. The molecule has 1 aliphatic rings. The molecule has 0 spiro atoms. The molecule has 2 aromatic carbocycles. The lowest BCUT2D eigenvalue weighted by molar-refractivity contribution is -0.122. The normalized spacial score (nSPS) is 20.0. The van der Waals surface area contributed by atoms with E-state index in [1.807, 2.05) is 49.4 Å². The Bertz CT molecular complexity index is 708. The van der Waals surface area contributed by atoms with Gasteiger partial charge in [-0.3, -0.25) is 4.79 Å². The Morgan fingerprint density at radius 3 is 2.48 bits per heavy atom. The predicted octanol–water partition coefficient (Wildman–Crippen LogP) is 3.34. The second-order valence-corrected chi connectivity index (χ2v) is 5.76. The minimum Gasteiger partial charge on any atom is -0.497 e. The average Bonchev–Trinajstić information content (AvgIpc) is 3.41. The molecule has 2 atom stereocenters. The van der Waals surface area contributed by atoms with Crippen LogP contribution in [0.25, 0.3) is 0 Å². The fraction of sp³-hybridized carbons (Fsp3) is 0.263. The van der Waals surface area contributed by atoms with Crippen LogP contribution in [-0.2, 0) is 4.79 Å². The Kier molecular flexibility index (Phi) is 4.42. The van der Waals surface area contributed by atoms with Gasteiger partial charge in [0.1, 0.15) is 5.75 Å². The highest BCUT2D eigenvalue weighted by Crippen LogP contribution is 2.47. The summed E-state index contributed by atoms with van der Waals surface area (Å²) in [5.41, 5.74) is 5.65. The number of rotatable bonds is 5. The zero-order chi connectivity index (χ0) is 16.2. The first-order valence-electron chi connectivity index (χ1n) is 7.72. The summed E-state index contributed by atoms with van der Waals surface area (Å²) in [6.07, 6.45) is 0.896. The van der Waals surface area contributed by atoms with Gasteiger partial charge >= 0.3 is 0 Å². The van der Waals surface area contributed by atoms with Crippen LogP contribution in [-0.4, -0.2) is 18.7 Å². The van der Waals surface area contributed by atoms with Crippen LogP contribution in [0.5, 0.6) is 5.75 Å². The summed E-state index contributed by atoms with van der Waals surface area (Å²) in [5, 5.41) is 4.22. The van der Waals surface area contributed by atoms with E-state index in [4.69, 9.17) is 4.74 Å². The Morgan fingerprint density at radius 2 is 1.83 bits per heavy atom. The van der Waals surface area contributed by atoms with Crippen molar-refractivity contribution in [1.29, 1.82) is 0 Å². The monoisotopic (exact) mass is 308 g/mol. The Morgan fingerprint density at radius 1 is 1.13 bits per heavy atom. The molecule has 0 bridgehead atoms. The van der Waals surface area contributed by atoms with Gasteiger partial charge in [0.15, 0.2) is 0 Å². The van der Waals surface area contributed by atoms with Crippen LogP contribution >= 0.6 is 0 Å². The van der Waals surface area contributed by atoms with E-state index in [9.17, 15) is 4.79 Å². The standard InChI is InChI=1S/C19H20N2O2/c1-13(14-8-10-16(23-2)11-9-14)20-21-19(22)18-12-17(18)15-6-4-3-5-7-15/h3-11,17-18H,12H2,1-2H3,(H,21,22)/t17-,18+/m0/s1. The van der Waals surface area contributed by atoms with Crippen LogP contribution < -0.4 is 10.2 Å². The maximum atomic E-state index is 12.2. The molecule has 118 valence electrons. The maximum absolute atomic E-state index is 12.2. The molecule has 1 amide bonds. The van der Waals surface area contributed by atoms with Gasteiger partial charge in [0.05, 0.1) is 12.8 Å². The molecular weight excluding hydrogens is 288 g/mol. The minimum atomic E-state index is -0.00767. The molecule has 0 aliphatic heterocycles. The fourth-order valence-electron chi connectivity index (χ4n) is 2.67. The Balaban J connectivity index is 1.58. The third-order valence-electron chi connectivity index (χ3n) is 4.20. The summed E-state index contributed by atoms with van der Waals surface area (Å²) >= 11 is 0. The van der Waals surface area contributed by atoms with Crippen molar-refractivity contribution < 1.29 is 9.53 Å². The number of hydrogen-bond acceptors (Lipinski definition) is 3. The number of carbonyl (C=O) groups excluding carboxylic acids is 1. The van der Waals surface area contributed by atoms with Crippen LogP contribution in [0.4, 0.5) is 0 Å². The van der Waals surface area contributed by atoms with Crippen molar-refractivity contribution in [2.24, 2.45) is 11.0 Å². The van der Waals surface area contributed by atoms with Gasteiger partial charge in [0.25, 0.3) is 0 Å². The number of hydrazone groups is 1. The molecule has 1 aliphatic carbocycles. The molecular formula is C19H20N2O2. The van der Waals surface area contributed by atoms with Gasteiger partial charge in [-0.1, -0.05) is 30.3 Å². The van der Waals surface area contributed by atoms with E-state index < -0.39 is 0 Å². The zero-order valence-corrected chi connectivity index (χ0v) is 13.3. The van der Waals surface area contributed by atoms with Crippen molar-refractivity contribution >= 4 is 11.6 Å². The minimum absolute atomic E-state index is 0.00767. The largest absolute Gasteiger partial charge is 0.497 e. The second-order valence-electron chi connectivity index (χ2n) is 5.76. The number of benzene rings is 2. The fourth-order valence-corrected chi connectivity index (χ4v) is 2.67. The van der Waals surface area contributed by atoms with Crippen LogP contribution in [0.1, 0.15) is 30.4 Å². The van der Waals surface area contributed by atoms with Crippen molar-refractivity contribution in [3.8, 4) is 5.75 Å². The number of nitrogens with one attached hydrogen (secondary N) is 1. The number of amides is 1. The predicted molar refractivity (Wildman–Crippen MR) is 90.6 cm³/mol. The summed E-state index contributed by atoms with van der Waals surface area (Å²) in [6, 6.07) is 17.8. The lowest BCUT2D eigenvalue weighted by Gasteiger charge is -2.04. The molecule has 0 unspecified atom stereocenters. The summed E-state index contributed by atoms with van der Waals surface area (Å²) in [6.45, 7) is 1.88. The van der Waals surface area contributed by atoms with E-state index >= 15 is 0 Å². The van der Waals surface area contributed by atoms with Crippen LogP contribution in [0.15, 0.2) is 59.7 Å². The van der Waals surface area contributed by atoms with Gasteiger partial charge in [-0.05, 0) is 54.7 Å². The SMILES string of the molecule is COc1ccc(C(C)=NNC(=O)[C@@H]2C[C@H]2c2ccccc2)cc1. The van der Waals surface area contributed by atoms with Crippen molar-refractivity contribution in [2.45, 2.75) is 19.3 Å². The third-order valence-corrected chi connectivity index (χ3v) is 4.20.